The first-order valence-corrected chi connectivity index (χ1v) is 18.8. The number of likely N-dealkylation sites (N-methyl/N-ethyl adjacent to an activating group) is 2. The average Bonchev–Trinajstić information content (AvgIpc) is 3.60. The number of likely N-dealkylation sites (tertiary alicyclic amines) is 1. The molecule has 1 heterocycles. The number of nitrogens with one attached hydrogen (secondary N) is 3. The minimum Gasteiger partial charge on any atom is -0.480 e. The summed E-state index contributed by atoms with van der Waals surface area (Å²) in [6, 6.07) is 2.18. The Kier molecular flexibility index (Phi) is 18.3. The number of carboxylic acid groups (broad SMARTS) is 1. The topological polar surface area (TPSA) is 167 Å². The maximum absolute atomic E-state index is 14.3. The van der Waals surface area contributed by atoms with E-state index in [1.807, 2.05) is 41.5 Å². The van der Waals surface area contributed by atoms with Gasteiger partial charge in [0.2, 0.25) is 23.6 Å². The van der Waals surface area contributed by atoms with Crippen LogP contribution in [-0.4, -0.2) is 122 Å². The zero-order valence-corrected chi connectivity index (χ0v) is 33.5. The molecule has 1 saturated heterocycles. The van der Waals surface area contributed by atoms with Gasteiger partial charge in [0.05, 0.1) is 42.7 Å². The highest BCUT2D eigenvalue weighted by atomic mass is 19.1. The number of halogens is 1. The smallest absolute Gasteiger partial charge is 0.326 e. The number of carbonyl (C=O) groups excluding carboxylic acids is 4. The molecule has 1 aromatic rings. The van der Waals surface area contributed by atoms with Crippen LogP contribution in [0.5, 0.6) is 0 Å². The van der Waals surface area contributed by atoms with Crippen LogP contribution in [0.4, 0.5) is 4.39 Å². The van der Waals surface area contributed by atoms with Crippen molar-refractivity contribution >= 4 is 29.6 Å². The Balaban J connectivity index is 2.27. The largest absolute Gasteiger partial charge is 0.480 e. The van der Waals surface area contributed by atoms with Crippen LogP contribution in [0.1, 0.15) is 79.7 Å². The Morgan fingerprint density at radius 2 is 1.58 bits per heavy atom. The quantitative estimate of drug-likeness (QED) is 0.148. The minimum atomic E-state index is -1.37. The number of methoxy groups -OCH3 is 2. The molecule has 0 aliphatic carbocycles. The van der Waals surface area contributed by atoms with Gasteiger partial charge in [-0.1, -0.05) is 73.1 Å². The Labute approximate surface area is 315 Å². The van der Waals surface area contributed by atoms with Crippen molar-refractivity contribution in [3.8, 4) is 0 Å². The molecule has 0 spiro atoms. The zero-order valence-electron chi connectivity index (χ0n) is 33.5. The summed E-state index contributed by atoms with van der Waals surface area (Å²) in [5.74, 6) is -4.34. The van der Waals surface area contributed by atoms with Crippen molar-refractivity contribution in [3.63, 3.8) is 0 Å². The number of rotatable bonds is 21. The zero-order chi connectivity index (χ0) is 40.2. The first kappa shape index (κ1) is 45.5. The average molecular weight is 750 g/mol. The van der Waals surface area contributed by atoms with Gasteiger partial charge >= 0.3 is 5.97 Å². The van der Waals surface area contributed by atoms with Crippen molar-refractivity contribution in [1.29, 1.82) is 0 Å². The summed E-state index contributed by atoms with van der Waals surface area (Å²) < 4.78 is 26.1. The molecule has 1 aromatic carbocycles. The molecule has 4 amide bonds. The molecule has 1 fully saturated rings. The van der Waals surface area contributed by atoms with E-state index in [-0.39, 0.29) is 53.9 Å². The van der Waals surface area contributed by atoms with Crippen molar-refractivity contribution in [2.24, 2.45) is 23.7 Å². The molecule has 13 nitrogen and oxygen atoms in total. The van der Waals surface area contributed by atoms with Crippen molar-refractivity contribution < 1.29 is 42.9 Å². The fourth-order valence-corrected chi connectivity index (χ4v) is 7.44. The lowest BCUT2D eigenvalue weighted by Crippen LogP contribution is -2.59. The SMILES string of the molecule is CC[C@H](C)[C@H]([C@@H](CC(=O)N1CCC[C@H]1[C@H](OC)[C@@H](C)C(=O)N[C@@H](Cc1ccccc1F)C(=O)O)OC)N(C)C(=O)[C@@H](NC(=O)[C@@H](NC)C(C)C)C(C)C. The number of nitrogens with zero attached hydrogens (tertiary/aromatic N) is 2. The second-order valence-corrected chi connectivity index (χ2v) is 15.0. The Bertz CT molecular complexity index is 1380. The fraction of sp³-hybridized carbons (Fsp3) is 0.718. The second-order valence-electron chi connectivity index (χ2n) is 15.0. The molecule has 0 unspecified atom stereocenters. The third kappa shape index (κ3) is 11.9. The highest BCUT2D eigenvalue weighted by molar-refractivity contribution is 5.90. The maximum Gasteiger partial charge on any atom is 0.326 e. The van der Waals surface area contributed by atoms with Gasteiger partial charge in [-0.15, -0.1) is 0 Å². The Morgan fingerprint density at radius 3 is 2.09 bits per heavy atom. The van der Waals surface area contributed by atoms with Gasteiger partial charge in [-0.3, -0.25) is 19.2 Å². The number of amides is 4. The molecule has 0 aromatic heterocycles. The predicted octanol–water partition coefficient (Wildman–Crippen LogP) is 3.24. The molecule has 0 saturated carbocycles. The highest BCUT2D eigenvalue weighted by Gasteiger charge is 2.43. The van der Waals surface area contributed by atoms with Crippen LogP contribution in [0.3, 0.4) is 0 Å². The van der Waals surface area contributed by atoms with Crippen LogP contribution in [0, 0.1) is 29.5 Å². The predicted molar refractivity (Wildman–Crippen MR) is 200 cm³/mol. The lowest BCUT2D eigenvalue weighted by molar-refractivity contribution is -0.148. The second kappa shape index (κ2) is 21.3. The first-order chi connectivity index (χ1) is 24.9. The molecule has 2 rings (SSSR count). The maximum atomic E-state index is 14.3. The number of benzene rings is 1. The molecule has 9 atom stereocenters. The minimum absolute atomic E-state index is 0.00844. The number of hydrogen-bond acceptors (Lipinski definition) is 8. The monoisotopic (exact) mass is 749 g/mol. The number of carbonyl (C=O) groups is 5. The first-order valence-electron chi connectivity index (χ1n) is 18.8. The molecular weight excluding hydrogens is 685 g/mol. The van der Waals surface area contributed by atoms with E-state index in [4.69, 9.17) is 9.47 Å². The van der Waals surface area contributed by atoms with E-state index in [0.717, 1.165) is 0 Å². The lowest BCUT2D eigenvalue weighted by Gasteiger charge is -2.41. The van der Waals surface area contributed by atoms with Gasteiger partial charge in [0.15, 0.2) is 0 Å². The van der Waals surface area contributed by atoms with Crippen LogP contribution in [0.25, 0.3) is 0 Å². The Hall–Kier alpha value is -3.62. The van der Waals surface area contributed by atoms with E-state index < -0.39 is 66.0 Å². The Morgan fingerprint density at radius 1 is 0.962 bits per heavy atom. The molecule has 300 valence electrons. The van der Waals surface area contributed by atoms with Crippen LogP contribution in [0.2, 0.25) is 0 Å². The standard InChI is InChI=1S/C39H64FN5O8/c1-12-24(6)34(44(9)38(49)33(23(4)5)43-37(48)32(41-8)22(2)3)30(52-10)21-31(46)45-19-15-18-29(45)35(53-11)25(7)36(47)42-28(39(50)51)20-26-16-13-14-17-27(26)40/h13-14,16-17,22-25,28-30,32-35,41H,12,15,18-21H2,1-11H3,(H,42,47)(H,43,48)(H,50,51)/t24-,25+,28-,29-,30+,32-,33-,34+,35+/m0/s1. The molecule has 4 N–H and O–H groups in total. The molecular formula is C39H64FN5O8. The number of aliphatic carboxylic acids is 1. The van der Waals surface area contributed by atoms with Crippen molar-refractivity contribution in [3.05, 3.63) is 35.6 Å². The van der Waals surface area contributed by atoms with Crippen LogP contribution < -0.4 is 16.0 Å². The number of ether oxygens (including phenoxy) is 2. The molecule has 14 heteroatoms. The van der Waals surface area contributed by atoms with E-state index >= 15 is 0 Å². The summed E-state index contributed by atoms with van der Waals surface area (Å²) in [6.07, 6.45) is 0.190. The normalized spacial score (nSPS) is 19.1. The van der Waals surface area contributed by atoms with Gasteiger partial charge in [-0.2, -0.15) is 0 Å². The summed E-state index contributed by atoms with van der Waals surface area (Å²) in [5, 5.41) is 18.4. The van der Waals surface area contributed by atoms with Gasteiger partial charge in [0, 0.05) is 34.2 Å². The summed E-state index contributed by atoms with van der Waals surface area (Å²) in [4.78, 5) is 70.2. The van der Waals surface area contributed by atoms with E-state index in [9.17, 15) is 33.5 Å². The third-order valence-electron chi connectivity index (χ3n) is 10.7. The summed E-state index contributed by atoms with van der Waals surface area (Å²) in [6.45, 7) is 13.7. The van der Waals surface area contributed by atoms with E-state index in [1.165, 1.54) is 32.4 Å². The molecule has 1 aliphatic heterocycles. The van der Waals surface area contributed by atoms with Crippen LogP contribution in [-0.2, 0) is 39.9 Å². The van der Waals surface area contributed by atoms with E-state index in [2.05, 4.69) is 16.0 Å². The molecule has 0 radical (unpaired) electrons. The van der Waals surface area contributed by atoms with Gasteiger partial charge < -0.3 is 40.3 Å². The van der Waals surface area contributed by atoms with Gasteiger partial charge in [0.1, 0.15) is 17.9 Å². The molecule has 53 heavy (non-hydrogen) atoms. The van der Waals surface area contributed by atoms with Crippen molar-refractivity contribution in [2.75, 3.05) is 34.9 Å². The molecule has 1 aliphatic rings. The van der Waals surface area contributed by atoms with Gasteiger partial charge in [0.25, 0.3) is 0 Å². The van der Waals surface area contributed by atoms with E-state index in [1.54, 1.807) is 36.9 Å². The highest BCUT2D eigenvalue weighted by Crippen LogP contribution is 2.30. The van der Waals surface area contributed by atoms with Crippen LogP contribution in [0.15, 0.2) is 24.3 Å². The van der Waals surface area contributed by atoms with Crippen molar-refractivity contribution in [2.45, 2.75) is 123 Å². The number of carboxylic acids is 1. The van der Waals surface area contributed by atoms with E-state index in [0.29, 0.717) is 25.8 Å². The third-order valence-corrected chi connectivity index (χ3v) is 10.7. The summed E-state index contributed by atoms with van der Waals surface area (Å²) in [7, 11) is 6.36. The number of hydrogen-bond donors (Lipinski definition) is 4. The lowest BCUT2D eigenvalue weighted by atomic mass is 9.89. The summed E-state index contributed by atoms with van der Waals surface area (Å²) in [5.41, 5.74) is 0.164. The molecule has 0 bridgehead atoms. The fourth-order valence-electron chi connectivity index (χ4n) is 7.44. The van der Waals surface area contributed by atoms with Gasteiger partial charge in [-0.25, -0.2) is 9.18 Å². The summed E-state index contributed by atoms with van der Waals surface area (Å²) >= 11 is 0. The van der Waals surface area contributed by atoms with Crippen molar-refractivity contribution in [1.82, 2.24) is 25.8 Å². The van der Waals surface area contributed by atoms with Gasteiger partial charge in [-0.05, 0) is 49.3 Å². The van der Waals surface area contributed by atoms with Crippen LogP contribution >= 0.6 is 0 Å².